The number of benzene rings is 1. The maximum Gasteiger partial charge on any atom is 0.221 e. The molecule has 1 aliphatic rings. The van der Waals surface area contributed by atoms with Crippen molar-refractivity contribution in [2.75, 3.05) is 33.4 Å². The first-order valence-electron chi connectivity index (χ1n) is 7.40. The third-order valence-corrected chi connectivity index (χ3v) is 3.86. The molecule has 1 N–H and O–H groups in total. The smallest absolute Gasteiger partial charge is 0.221 e. The lowest BCUT2D eigenvalue weighted by atomic mass is 10.1. The summed E-state index contributed by atoms with van der Waals surface area (Å²) in [5.74, 6) is 0.268. The predicted molar refractivity (Wildman–Crippen MR) is 79.3 cm³/mol. The van der Waals surface area contributed by atoms with Crippen molar-refractivity contribution in [3.63, 3.8) is 0 Å². The van der Waals surface area contributed by atoms with Gasteiger partial charge < -0.3 is 15.0 Å². The van der Waals surface area contributed by atoms with Crippen LogP contribution in [0.1, 0.15) is 18.4 Å². The molecule has 1 aliphatic heterocycles. The van der Waals surface area contributed by atoms with Gasteiger partial charge in [-0.05, 0) is 24.9 Å². The second-order valence-corrected chi connectivity index (χ2v) is 5.53. The lowest BCUT2D eigenvalue weighted by Crippen LogP contribution is -2.30. The Hall–Kier alpha value is -1.46. The summed E-state index contributed by atoms with van der Waals surface area (Å²) >= 11 is 0. The highest BCUT2D eigenvalue weighted by Crippen LogP contribution is 2.16. The normalized spacial score (nSPS) is 18.9. The van der Waals surface area contributed by atoms with Gasteiger partial charge >= 0.3 is 0 Å². The second kappa shape index (κ2) is 8.10. The van der Waals surface area contributed by atoms with Crippen LogP contribution in [0.2, 0.25) is 0 Å². The van der Waals surface area contributed by atoms with E-state index in [0.29, 0.717) is 17.9 Å². The van der Waals surface area contributed by atoms with Crippen molar-refractivity contribution in [2.24, 2.45) is 5.92 Å². The number of hydrogen-bond donors (Lipinski definition) is 1. The van der Waals surface area contributed by atoms with Crippen molar-refractivity contribution >= 4 is 5.91 Å². The lowest BCUT2D eigenvalue weighted by molar-refractivity contribution is -0.121. The molecule has 1 aromatic rings. The fraction of sp³-hybridized carbons (Fsp3) is 0.562. The Kier molecular flexibility index (Phi) is 6.14. The molecular weight excluding hydrogens is 271 g/mol. The first-order valence-corrected chi connectivity index (χ1v) is 7.40. The van der Waals surface area contributed by atoms with E-state index in [2.05, 4.69) is 10.2 Å². The molecule has 0 radical (unpaired) electrons. The maximum atomic E-state index is 13.4. The minimum atomic E-state index is -0.278. The largest absolute Gasteiger partial charge is 0.384 e. The summed E-state index contributed by atoms with van der Waals surface area (Å²) in [5, 5.41) is 2.77. The van der Waals surface area contributed by atoms with E-state index >= 15 is 0 Å². The highest BCUT2D eigenvalue weighted by Gasteiger charge is 2.22. The number of rotatable bonds is 7. The van der Waals surface area contributed by atoms with Crippen molar-refractivity contribution in [1.29, 1.82) is 0 Å². The number of carbonyl (C=O) groups excluding carboxylic acids is 1. The second-order valence-electron chi connectivity index (χ2n) is 5.53. The molecule has 1 heterocycles. The summed E-state index contributed by atoms with van der Waals surface area (Å²) in [6.45, 7) is 3.81. The van der Waals surface area contributed by atoms with E-state index in [4.69, 9.17) is 4.74 Å². The number of halogens is 1. The Morgan fingerprint density at radius 2 is 2.29 bits per heavy atom. The molecular formula is C16H23FN2O2. The fourth-order valence-electron chi connectivity index (χ4n) is 2.67. The summed E-state index contributed by atoms with van der Waals surface area (Å²) in [6.07, 6.45) is 1.58. The van der Waals surface area contributed by atoms with Crippen LogP contribution in [0.5, 0.6) is 0 Å². The summed E-state index contributed by atoms with van der Waals surface area (Å²) in [6, 6.07) is 6.50. The van der Waals surface area contributed by atoms with Gasteiger partial charge in [-0.15, -0.1) is 0 Å². The quantitative estimate of drug-likeness (QED) is 0.834. The molecule has 0 saturated carbocycles. The third-order valence-electron chi connectivity index (χ3n) is 3.86. The molecule has 0 bridgehead atoms. The van der Waals surface area contributed by atoms with E-state index < -0.39 is 0 Å². The van der Waals surface area contributed by atoms with Gasteiger partial charge in [0.2, 0.25) is 5.91 Å². The van der Waals surface area contributed by atoms with E-state index in [1.807, 2.05) is 0 Å². The van der Waals surface area contributed by atoms with E-state index in [1.165, 1.54) is 6.07 Å². The summed E-state index contributed by atoms with van der Waals surface area (Å²) in [5.41, 5.74) is 0.521. The molecule has 1 saturated heterocycles. The number of ether oxygens (including phenoxy) is 1. The standard InChI is InChI=1S/C16H23FN2O2/c1-21-12-13-6-8-19(11-13)9-7-16(20)18-10-14-4-2-3-5-15(14)17/h2-5,13H,6-12H2,1H3,(H,18,20)/t13-/m0/s1. The zero-order valence-electron chi connectivity index (χ0n) is 12.5. The van der Waals surface area contributed by atoms with Crippen LogP contribution >= 0.6 is 0 Å². The van der Waals surface area contributed by atoms with Gasteiger partial charge in [-0.25, -0.2) is 4.39 Å². The van der Waals surface area contributed by atoms with Crippen LogP contribution in [0, 0.1) is 11.7 Å². The van der Waals surface area contributed by atoms with Crippen LogP contribution in [0.25, 0.3) is 0 Å². The minimum absolute atomic E-state index is 0.0338. The summed E-state index contributed by atoms with van der Waals surface area (Å²) < 4.78 is 18.6. The number of methoxy groups -OCH3 is 1. The summed E-state index contributed by atoms with van der Waals surface area (Å²) in [7, 11) is 1.72. The molecule has 1 aromatic carbocycles. The van der Waals surface area contributed by atoms with Gasteiger partial charge in [0.05, 0.1) is 6.61 Å². The number of nitrogens with zero attached hydrogens (tertiary/aromatic N) is 1. The van der Waals surface area contributed by atoms with Gasteiger partial charge in [0.25, 0.3) is 0 Å². The number of hydrogen-bond acceptors (Lipinski definition) is 3. The number of carbonyl (C=O) groups is 1. The number of amides is 1. The van der Waals surface area contributed by atoms with E-state index in [0.717, 1.165) is 32.7 Å². The van der Waals surface area contributed by atoms with E-state index in [9.17, 15) is 9.18 Å². The van der Waals surface area contributed by atoms with Crippen LogP contribution < -0.4 is 5.32 Å². The molecule has 1 amide bonds. The van der Waals surface area contributed by atoms with Gasteiger partial charge in [0.1, 0.15) is 5.82 Å². The van der Waals surface area contributed by atoms with Crippen molar-refractivity contribution in [1.82, 2.24) is 10.2 Å². The molecule has 2 rings (SSSR count). The zero-order chi connectivity index (χ0) is 15.1. The highest BCUT2D eigenvalue weighted by atomic mass is 19.1. The van der Waals surface area contributed by atoms with Crippen LogP contribution in [0.3, 0.4) is 0 Å². The first-order chi connectivity index (χ1) is 10.2. The Morgan fingerprint density at radius 3 is 3.05 bits per heavy atom. The van der Waals surface area contributed by atoms with Crippen molar-refractivity contribution < 1.29 is 13.9 Å². The average molecular weight is 294 g/mol. The molecule has 0 aliphatic carbocycles. The predicted octanol–water partition coefficient (Wildman–Crippen LogP) is 1.80. The van der Waals surface area contributed by atoms with Gasteiger partial charge in [-0.1, -0.05) is 18.2 Å². The van der Waals surface area contributed by atoms with Crippen LogP contribution in [0.15, 0.2) is 24.3 Å². The molecule has 1 fully saturated rings. The molecule has 5 heteroatoms. The Labute approximate surface area is 125 Å². The first kappa shape index (κ1) is 15.9. The molecule has 116 valence electrons. The highest BCUT2D eigenvalue weighted by molar-refractivity contribution is 5.76. The van der Waals surface area contributed by atoms with Crippen molar-refractivity contribution in [2.45, 2.75) is 19.4 Å². The van der Waals surface area contributed by atoms with Gasteiger partial charge in [-0.3, -0.25) is 4.79 Å². The Balaban J connectivity index is 1.65. The molecule has 1 atom stereocenters. The summed E-state index contributed by atoms with van der Waals surface area (Å²) in [4.78, 5) is 14.1. The van der Waals surface area contributed by atoms with Crippen LogP contribution in [0.4, 0.5) is 4.39 Å². The SMILES string of the molecule is COC[C@H]1CCN(CCC(=O)NCc2ccccc2F)C1. The van der Waals surface area contributed by atoms with E-state index in [-0.39, 0.29) is 18.3 Å². The maximum absolute atomic E-state index is 13.4. The van der Waals surface area contributed by atoms with Crippen molar-refractivity contribution in [3.05, 3.63) is 35.6 Å². The topological polar surface area (TPSA) is 41.6 Å². The fourth-order valence-corrected chi connectivity index (χ4v) is 2.67. The molecule has 4 nitrogen and oxygen atoms in total. The monoisotopic (exact) mass is 294 g/mol. The third kappa shape index (κ3) is 5.10. The number of nitrogens with one attached hydrogen (secondary N) is 1. The Morgan fingerprint density at radius 1 is 1.48 bits per heavy atom. The molecule has 21 heavy (non-hydrogen) atoms. The molecule has 0 aromatic heterocycles. The lowest BCUT2D eigenvalue weighted by Gasteiger charge is -2.15. The van der Waals surface area contributed by atoms with E-state index in [1.54, 1.807) is 25.3 Å². The van der Waals surface area contributed by atoms with Crippen LogP contribution in [-0.2, 0) is 16.1 Å². The van der Waals surface area contributed by atoms with Crippen LogP contribution in [-0.4, -0.2) is 44.2 Å². The van der Waals surface area contributed by atoms with Gasteiger partial charge in [-0.2, -0.15) is 0 Å². The minimum Gasteiger partial charge on any atom is -0.384 e. The van der Waals surface area contributed by atoms with Gasteiger partial charge in [0, 0.05) is 38.7 Å². The van der Waals surface area contributed by atoms with Gasteiger partial charge in [0.15, 0.2) is 0 Å². The Bertz CT molecular complexity index is 467. The average Bonchev–Trinajstić information content (AvgIpc) is 2.92. The zero-order valence-corrected chi connectivity index (χ0v) is 12.5. The molecule has 0 unspecified atom stereocenters. The number of likely N-dealkylation sites (tertiary alicyclic amines) is 1. The molecule has 0 spiro atoms. The van der Waals surface area contributed by atoms with Crippen molar-refractivity contribution in [3.8, 4) is 0 Å².